The predicted molar refractivity (Wildman–Crippen MR) is 144 cm³/mol. The molecule has 3 unspecified atom stereocenters. The minimum absolute atomic E-state index is 0.00890. The first-order chi connectivity index (χ1) is 17.4. The Labute approximate surface area is 220 Å². The number of hydrogen-bond donors (Lipinski definition) is 3. The van der Waals surface area contributed by atoms with Gasteiger partial charge in [0.05, 0.1) is 5.60 Å². The highest BCUT2D eigenvalue weighted by Gasteiger charge is 2.43. The van der Waals surface area contributed by atoms with Crippen LogP contribution in [-0.4, -0.2) is 62.5 Å². The number of methoxy groups -OCH3 is 1. The molecular formula is C28H40ClN3O4. The molecule has 0 spiro atoms. The number of ether oxygens (including phenoxy) is 2. The lowest BCUT2D eigenvalue weighted by Gasteiger charge is -2.43. The quantitative estimate of drug-likeness (QED) is 0.338. The number of unbranched alkanes of at least 4 members (excludes halogenated alkanes) is 1. The first kappa shape index (κ1) is 28.3. The van der Waals surface area contributed by atoms with Crippen LogP contribution in [0, 0.1) is 5.92 Å². The highest BCUT2D eigenvalue weighted by atomic mass is 35.5. The van der Waals surface area contributed by atoms with Gasteiger partial charge in [-0.05, 0) is 76.4 Å². The number of carbonyl (C=O) groups is 1. The van der Waals surface area contributed by atoms with Gasteiger partial charge in [-0.3, -0.25) is 0 Å². The highest BCUT2D eigenvalue weighted by Crippen LogP contribution is 2.45. The molecule has 2 aromatic carbocycles. The second kappa shape index (κ2) is 13.8. The van der Waals surface area contributed by atoms with Crippen LogP contribution in [-0.2, 0) is 10.3 Å². The molecular weight excluding hydrogens is 478 g/mol. The van der Waals surface area contributed by atoms with Crippen molar-refractivity contribution in [2.75, 3.05) is 40.4 Å². The lowest BCUT2D eigenvalue weighted by Crippen LogP contribution is -2.53. The molecule has 198 valence electrons. The molecule has 3 atom stereocenters. The fourth-order valence-corrected chi connectivity index (χ4v) is 5.13. The second-order valence-electron chi connectivity index (χ2n) is 9.62. The predicted octanol–water partition coefficient (Wildman–Crippen LogP) is 5.17. The maximum Gasteiger partial charge on any atom is 0.317 e. The summed E-state index contributed by atoms with van der Waals surface area (Å²) in [6.45, 7) is 4.41. The van der Waals surface area contributed by atoms with Crippen molar-refractivity contribution in [1.82, 2.24) is 15.5 Å². The average molecular weight is 518 g/mol. The standard InChI is InChI=1S/C28H40ClN3O4/c1-21(19-30-2)31-27(33)32-16-9-10-22(20-32)28(34,15-7-8-17-35-3)25-18-23(29)13-14-26(25)36-24-11-5-4-6-12-24/h4-6,11-14,18,21-22,30,34H,7-10,15-17,19-20H2,1-3H3,(H,31,33). The fraction of sp³-hybridized carbons (Fsp3) is 0.536. The Morgan fingerprint density at radius 3 is 2.75 bits per heavy atom. The van der Waals surface area contributed by atoms with Crippen LogP contribution < -0.4 is 15.4 Å². The number of carbonyl (C=O) groups excluding carboxylic acids is 1. The van der Waals surface area contributed by atoms with Crippen molar-refractivity contribution in [3.8, 4) is 11.5 Å². The molecule has 2 aromatic rings. The number of hydrogen-bond acceptors (Lipinski definition) is 5. The minimum Gasteiger partial charge on any atom is -0.457 e. The number of urea groups is 1. The van der Waals surface area contributed by atoms with Crippen molar-refractivity contribution < 1.29 is 19.4 Å². The van der Waals surface area contributed by atoms with Crippen LogP contribution in [0.3, 0.4) is 0 Å². The molecule has 36 heavy (non-hydrogen) atoms. The molecule has 0 aliphatic carbocycles. The van der Waals surface area contributed by atoms with Crippen molar-refractivity contribution in [2.45, 2.75) is 50.7 Å². The van der Waals surface area contributed by atoms with Crippen molar-refractivity contribution >= 4 is 17.6 Å². The maximum absolute atomic E-state index is 13.0. The zero-order valence-electron chi connectivity index (χ0n) is 21.6. The largest absolute Gasteiger partial charge is 0.457 e. The molecule has 0 aromatic heterocycles. The molecule has 8 heteroatoms. The van der Waals surface area contributed by atoms with Crippen molar-refractivity contribution in [2.24, 2.45) is 5.92 Å². The number of para-hydroxylation sites is 1. The summed E-state index contributed by atoms with van der Waals surface area (Å²) < 4.78 is 11.5. The lowest BCUT2D eigenvalue weighted by molar-refractivity contribution is -0.0574. The van der Waals surface area contributed by atoms with E-state index in [9.17, 15) is 9.90 Å². The summed E-state index contributed by atoms with van der Waals surface area (Å²) in [6, 6.07) is 14.8. The third-order valence-corrected chi connectivity index (χ3v) is 7.03. The fourth-order valence-electron chi connectivity index (χ4n) is 4.96. The smallest absolute Gasteiger partial charge is 0.317 e. The van der Waals surface area contributed by atoms with E-state index in [1.54, 1.807) is 13.2 Å². The molecule has 1 saturated heterocycles. The zero-order valence-corrected chi connectivity index (χ0v) is 22.4. The van der Waals surface area contributed by atoms with Gasteiger partial charge in [0.1, 0.15) is 11.5 Å². The number of piperidine rings is 1. The third-order valence-electron chi connectivity index (χ3n) is 6.80. The monoisotopic (exact) mass is 517 g/mol. The number of likely N-dealkylation sites (tertiary alicyclic amines) is 1. The number of rotatable bonds is 12. The van der Waals surface area contributed by atoms with Crippen molar-refractivity contribution in [3.05, 3.63) is 59.1 Å². The number of nitrogens with zero attached hydrogens (tertiary/aromatic N) is 1. The van der Waals surface area contributed by atoms with Gasteiger partial charge in [0.25, 0.3) is 0 Å². The van der Waals surface area contributed by atoms with E-state index in [2.05, 4.69) is 10.6 Å². The Morgan fingerprint density at radius 2 is 2.03 bits per heavy atom. The zero-order chi connectivity index (χ0) is 26.0. The van der Waals surface area contributed by atoms with E-state index in [1.807, 2.05) is 61.3 Å². The first-order valence-electron chi connectivity index (χ1n) is 12.8. The van der Waals surface area contributed by atoms with Gasteiger partial charge in [-0.25, -0.2) is 4.79 Å². The van der Waals surface area contributed by atoms with Crippen LogP contribution in [0.15, 0.2) is 48.5 Å². The Morgan fingerprint density at radius 1 is 1.25 bits per heavy atom. The van der Waals surface area contributed by atoms with Crippen LogP contribution in [0.4, 0.5) is 4.79 Å². The number of aliphatic hydroxyl groups is 1. The molecule has 0 bridgehead atoms. The second-order valence-corrected chi connectivity index (χ2v) is 10.1. The molecule has 2 amide bonds. The Balaban J connectivity index is 1.91. The Bertz CT molecular complexity index is 961. The number of nitrogens with one attached hydrogen (secondary N) is 2. The number of likely N-dealkylation sites (N-methyl/N-ethyl adjacent to an activating group) is 1. The first-order valence-corrected chi connectivity index (χ1v) is 13.2. The van der Waals surface area contributed by atoms with Gasteiger partial charge in [0.15, 0.2) is 0 Å². The van der Waals surface area contributed by atoms with Crippen LogP contribution in [0.25, 0.3) is 0 Å². The Kier molecular flexibility index (Phi) is 10.9. The van der Waals surface area contributed by atoms with Crippen LogP contribution in [0.5, 0.6) is 11.5 Å². The summed E-state index contributed by atoms with van der Waals surface area (Å²) in [6.07, 6.45) is 3.72. The van der Waals surface area contributed by atoms with Crippen LogP contribution in [0.1, 0.15) is 44.6 Å². The van der Waals surface area contributed by atoms with Gasteiger partial charge in [0.2, 0.25) is 0 Å². The molecule has 0 radical (unpaired) electrons. The van der Waals surface area contributed by atoms with Crippen LogP contribution >= 0.6 is 11.6 Å². The molecule has 1 heterocycles. The maximum atomic E-state index is 13.0. The molecule has 7 nitrogen and oxygen atoms in total. The molecule has 3 rings (SSSR count). The van der Waals surface area contributed by atoms with Gasteiger partial charge >= 0.3 is 6.03 Å². The lowest BCUT2D eigenvalue weighted by atomic mass is 9.73. The van der Waals surface area contributed by atoms with Gasteiger partial charge < -0.3 is 30.1 Å². The van der Waals surface area contributed by atoms with E-state index >= 15 is 0 Å². The van der Waals surface area contributed by atoms with E-state index in [4.69, 9.17) is 21.1 Å². The normalized spacial score (nSPS) is 18.4. The summed E-state index contributed by atoms with van der Waals surface area (Å²) in [5, 5.41) is 19.1. The van der Waals surface area contributed by atoms with E-state index < -0.39 is 5.60 Å². The summed E-state index contributed by atoms with van der Waals surface area (Å²) in [7, 11) is 3.55. The van der Waals surface area contributed by atoms with Gasteiger partial charge in [0, 0.05) is 55.9 Å². The number of halogens is 1. The molecule has 3 N–H and O–H groups in total. The van der Waals surface area contributed by atoms with Crippen molar-refractivity contribution in [1.29, 1.82) is 0 Å². The average Bonchev–Trinajstić information content (AvgIpc) is 2.88. The van der Waals surface area contributed by atoms with Gasteiger partial charge in [-0.1, -0.05) is 29.8 Å². The topological polar surface area (TPSA) is 83.1 Å². The van der Waals surface area contributed by atoms with Gasteiger partial charge in [-0.15, -0.1) is 0 Å². The van der Waals surface area contributed by atoms with E-state index in [1.165, 1.54) is 0 Å². The summed E-state index contributed by atoms with van der Waals surface area (Å²) >= 11 is 6.45. The van der Waals surface area contributed by atoms with E-state index in [0.29, 0.717) is 54.7 Å². The highest BCUT2D eigenvalue weighted by molar-refractivity contribution is 6.30. The van der Waals surface area contributed by atoms with E-state index in [-0.39, 0.29) is 18.0 Å². The number of benzene rings is 2. The SMILES string of the molecule is CNCC(C)NC(=O)N1CCCC(C(O)(CCCCOC)c2cc(Cl)ccc2Oc2ccccc2)C1. The molecule has 1 aliphatic heterocycles. The molecule has 0 saturated carbocycles. The van der Waals surface area contributed by atoms with Crippen LogP contribution in [0.2, 0.25) is 5.02 Å². The van der Waals surface area contributed by atoms with E-state index in [0.717, 1.165) is 25.7 Å². The number of amides is 2. The molecule has 1 aliphatic rings. The summed E-state index contributed by atoms with van der Waals surface area (Å²) in [5.74, 6) is 1.09. The summed E-state index contributed by atoms with van der Waals surface area (Å²) in [4.78, 5) is 14.8. The van der Waals surface area contributed by atoms with Crippen molar-refractivity contribution in [3.63, 3.8) is 0 Å². The minimum atomic E-state index is -1.22. The third kappa shape index (κ3) is 7.59. The summed E-state index contributed by atoms with van der Waals surface area (Å²) in [5.41, 5.74) is -0.565. The molecule has 1 fully saturated rings. The van der Waals surface area contributed by atoms with Gasteiger partial charge in [-0.2, -0.15) is 0 Å². The Hall–Kier alpha value is -2.32.